The molecule has 0 radical (unpaired) electrons. The third-order valence-electron chi connectivity index (χ3n) is 2.59. The van der Waals surface area contributed by atoms with E-state index in [9.17, 15) is 8.78 Å². The quantitative estimate of drug-likeness (QED) is 0.518. The number of nitrogens with zero attached hydrogens (tertiary/aromatic N) is 1. The van der Waals surface area contributed by atoms with Gasteiger partial charge in [0.15, 0.2) is 5.11 Å². The summed E-state index contributed by atoms with van der Waals surface area (Å²) in [6.45, 7) is 0.460. The summed E-state index contributed by atoms with van der Waals surface area (Å²) >= 11 is 5.04. The molecule has 2 aromatic rings. The van der Waals surface area contributed by atoms with Crippen LogP contribution in [-0.4, -0.2) is 11.3 Å². The van der Waals surface area contributed by atoms with Crippen molar-refractivity contribution in [1.29, 1.82) is 0 Å². The second-order valence-electron chi connectivity index (χ2n) is 4.23. The lowest BCUT2D eigenvalue weighted by Gasteiger charge is -2.06. The van der Waals surface area contributed by atoms with Crippen molar-refractivity contribution in [3.63, 3.8) is 0 Å². The maximum Gasteiger partial charge on any atom is 0.187 e. The Kier molecular flexibility index (Phi) is 5.34. The number of hydrazone groups is 1. The average Bonchev–Trinajstić information content (AvgIpc) is 2.47. The van der Waals surface area contributed by atoms with Crippen LogP contribution in [0.5, 0.6) is 0 Å². The molecule has 21 heavy (non-hydrogen) atoms. The molecule has 0 aliphatic rings. The molecule has 3 nitrogen and oxygen atoms in total. The monoisotopic (exact) mass is 305 g/mol. The summed E-state index contributed by atoms with van der Waals surface area (Å²) in [6.07, 6.45) is 1.47. The van der Waals surface area contributed by atoms with Crippen LogP contribution in [0.1, 0.15) is 11.1 Å². The van der Waals surface area contributed by atoms with E-state index in [1.165, 1.54) is 30.5 Å². The minimum Gasteiger partial charge on any atom is -0.357 e. The predicted octanol–water partition coefficient (Wildman–Crippen LogP) is 2.96. The molecule has 0 aliphatic heterocycles. The smallest absolute Gasteiger partial charge is 0.187 e. The molecule has 0 unspecified atom stereocenters. The van der Waals surface area contributed by atoms with Crippen LogP contribution in [0.2, 0.25) is 0 Å². The fourth-order valence-corrected chi connectivity index (χ4v) is 1.70. The predicted molar refractivity (Wildman–Crippen MR) is 83.0 cm³/mol. The van der Waals surface area contributed by atoms with Gasteiger partial charge in [-0.25, -0.2) is 8.78 Å². The summed E-state index contributed by atoms with van der Waals surface area (Å²) in [7, 11) is 0. The Labute approximate surface area is 126 Å². The van der Waals surface area contributed by atoms with E-state index in [-0.39, 0.29) is 11.6 Å². The molecule has 0 amide bonds. The first kappa shape index (κ1) is 15.1. The lowest BCUT2D eigenvalue weighted by Crippen LogP contribution is -2.31. The number of benzene rings is 2. The maximum absolute atomic E-state index is 12.9. The van der Waals surface area contributed by atoms with Crippen LogP contribution in [0.4, 0.5) is 8.78 Å². The molecule has 0 aromatic heterocycles. The van der Waals surface area contributed by atoms with Gasteiger partial charge in [0, 0.05) is 6.54 Å². The molecule has 0 bridgehead atoms. The highest BCUT2D eigenvalue weighted by atomic mass is 32.1. The van der Waals surface area contributed by atoms with Crippen LogP contribution in [0.25, 0.3) is 0 Å². The Morgan fingerprint density at radius 1 is 1.10 bits per heavy atom. The molecule has 108 valence electrons. The Balaban J connectivity index is 1.78. The molecule has 2 aromatic carbocycles. The Hall–Kier alpha value is -2.34. The van der Waals surface area contributed by atoms with Crippen molar-refractivity contribution in [3.8, 4) is 0 Å². The molecule has 2 rings (SSSR count). The van der Waals surface area contributed by atoms with E-state index in [4.69, 9.17) is 12.2 Å². The van der Waals surface area contributed by atoms with Gasteiger partial charge in [-0.1, -0.05) is 24.3 Å². The van der Waals surface area contributed by atoms with E-state index < -0.39 is 0 Å². The van der Waals surface area contributed by atoms with Gasteiger partial charge in [-0.2, -0.15) is 5.10 Å². The highest BCUT2D eigenvalue weighted by molar-refractivity contribution is 7.80. The summed E-state index contributed by atoms with van der Waals surface area (Å²) < 4.78 is 25.7. The number of thiocarbonyl (C=S) groups is 1. The van der Waals surface area contributed by atoms with E-state index in [2.05, 4.69) is 15.8 Å². The molecular weight excluding hydrogens is 292 g/mol. The van der Waals surface area contributed by atoms with Crippen LogP contribution in [0.15, 0.2) is 53.6 Å². The van der Waals surface area contributed by atoms with Crippen molar-refractivity contribution < 1.29 is 8.78 Å². The first-order valence-electron chi connectivity index (χ1n) is 6.20. The third-order valence-corrected chi connectivity index (χ3v) is 2.83. The zero-order valence-electron chi connectivity index (χ0n) is 11.0. The molecule has 6 heteroatoms. The normalized spacial score (nSPS) is 10.6. The van der Waals surface area contributed by atoms with Gasteiger partial charge >= 0.3 is 0 Å². The van der Waals surface area contributed by atoms with Crippen molar-refractivity contribution in [2.75, 3.05) is 0 Å². The first-order valence-corrected chi connectivity index (χ1v) is 6.61. The molecule has 0 heterocycles. The van der Waals surface area contributed by atoms with Crippen LogP contribution >= 0.6 is 12.2 Å². The largest absolute Gasteiger partial charge is 0.357 e. The van der Waals surface area contributed by atoms with Gasteiger partial charge in [0.1, 0.15) is 11.6 Å². The summed E-state index contributed by atoms with van der Waals surface area (Å²) in [6, 6.07) is 12.2. The SMILES string of the molecule is Fc1ccc(CNC(=S)N/N=C\c2cccc(F)c2)cc1. The van der Waals surface area contributed by atoms with E-state index >= 15 is 0 Å². The number of nitrogens with one attached hydrogen (secondary N) is 2. The minimum atomic E-state index is -0.323. The lowest BCUT2D eigenvalue weighted by molar-refractivity contribution is 0.626. The number of rotatable bonds is 4. The Bertz CT molecular complexity index is 642. The Morgan fingerprint density at radius 3 is 2.57 bits per heavy atom. The van der Waals surface area contributed by atoms with Crippen molar-refractivity contribution in [3.05, 3.63) is 71.3 Å². The molecule has 0 atom stereocenters. The molecule has 0 fully saturated rings. The van der Waals surface area contributed by atoms with Gasteiger partial charge in [0.25, 0.3) is 0 Å². The van der Waals surface area contributed by atoms with Gasteiger partial charge in [-0.3, -0.25) is 5.43 Å². The van der Waals surface area contributed by atoms with Gasteiger partial charge in [-0.05, 0) is 47.6 Å². The highest BCUT2D eigenvalue weighted by Gasteiger charge is 1.96. The minimum absolute atomic E-state index is 0.279. The number of halogens is 2. The molecule has 0 saturated heterocycles. The van der Waals surface area contributed by atoms with Gasteiger partial charge in [0.2, 0.25) is 0 Å². The molecular formula is C15H13F2N3S. The van der Waals surface area contributed by atoms with E-state index in [0.717, 1.165) is 5.56 Å². The molecule has 0 aliphatic carbocycles. The van der Waals surface area contributed by atoms with Crippen LogP contribution in [0.3, 0.4) is 0 Å². The van der Waals surface area contributed by atoms with E-state index in [1.807, 2.05) is 0 Å². The second-order valence-corrected chi connectivity index (χ2v) is 4.64. The van der Waals surface area contributed by atoms with Gasteiger partial charge in [0.05, 0.1) is 6.21 Å². The highest BCUT2D eigenvalue weighted by Crippen LogP contribution is 2.02. The lowest BCUT2D eigenvalue weighted by atomic mass is 10.2. The number of hydrogen-bond donors (Lipinski definition) is 2. The van der Waals surface area contributed by atoms with Crippen LogP contribution in [-0.2, 0) is 6.54 Å². The molecule has 0 spiro atoms. The molecule has 0 saturated carbocycles. The van der Waals surface area contributed by atoms with Gasteiger partial charge in [-0.15, -0.1) is 0 Å². The van der Waals surface area contributed by atoms with Crippen LogP contribution < -0.4 is 10.7 Å². The number of hydrogen-bond acceptors (Lipinski definition) is 2. The second kappa shape index (κ2) is 7.44. The molecule has 2 N–H and O–H groups in total. The average molecular weight is 305 g/mol. The summed E-state index contributed by atoms with van der Waals surface area (Å²) in [5.41, 5.74) is 4.15. The van der Waals surface area contributed by atoms with Crippen molar-refractivity contribution in [2.45, 2.75) is 6.54 Å². The zero-order valence-corrected chi connectivity index (χ0v) is 11.8. The summed E-state index contributed by atoms with van der Waals surface area (Å²) in [5.74, 6) is -0.602. The standard InChI is InChI=1S/C15H13F2N3S/c16-13-6-4-11(5-7-13)9-18-15(21)20-19-10-12-2-1-3-14(17)8-12/h1-8,10H,9H2,(H2,18,20,21)/b19-10-. The van der Waals surface area contributed by atoms with Crippen molar-refractivity contribution >= 4 is 23.5 Å². The third kappa shape index (κ3) is 5.27. The van der Waals surface area contributed by atoms with E-state index in [1.54, 1.807) is 24.3 Å². The zero-order chi connectivity index (χ0) is 15.1. The summed E-state index contributed by atoms with van der Waals surface area (Å²) in [5, 5.41) is 7.16. The van der Waals surface area contributed by atoms with Gasteiger partial charge < -0.3 is 5.32 Å². The summed E-state index contributed by atoms with van der Waals surface area (Å²) in [4.78, 5) is 0. The topological polar surface area (TPSA) is 36.4 Å². The first-order chi connectivity index (χ1) is 10.1. The maximum atomic E-state index is 12.9. The van der Waals surface area contributed by atoms with Crippen molar-refractivity contribution in [2.24, 2.45) is 5.10 Å². The Morgan fingerprint density at radius 2 is 1.86 bits per heavy atom. The van der Waals surface area contributed by atoms with Crippen LogP contribution in [0, 0.1) is 11.6 Å². The fraction of sp³-hybridized carbons (Fsp3) is 0.0667. The van der Waals surface area contributed by atoms with E-state index in [0.29, 0.717) is 17.2 Å². The fourth-order valence-electron chi connectivity index (χ4n) is 1.58. The van der Waals surface area contributed by atoms with Crippen molar-refractivity contribution in [1.82, 2.24) is 10.7 Å².